The zero-order valence-electron chi connectivity index (χ0n) is 12.2. The fourth-order valence-corrected chi connectivity index (χ4v) is 3.47. The van der Waals surface area contributed by atoms with Crippen LogP contribution in [0.2, 0.25) is 0 Å². The van der Waals surface area contributed by atoms with E-state index in [9.17, 15) is 0 Å². The van der Waals surface area contributed by atoms with Crippen molar-refractivity contribution in [3.8, 4) is 0 Å². The Hall–Kier alpha value is -2.34. The van der Waals surface area contributed by atoms with E-state index >= 15 is 0 Å². The highest BCUT2D eigenvalue weighted by molar-refractivity contribution is 5.84. The van der Waals surface area contributed by atoms with Gasteiger partial charge in [-0.2, -0.15) is 0 Å². The van der Waals surface area contributed by atoms with E-state index in [-0.39, 0.29) is 0 Å². The molecular formula is C21H18. The number of hydrogen-bond acceptors (Lipinski definition) is 0. The molecule has 2 aromatic carbocycles. The largest absolute Gasteiger partial charge is 0.0767 e. The van der Waals surface area contributed by atoms with Crippen LogP contribution >= 0.6 is 0 Å². The first-order valence-electron chi connectivity index (χ1n) is 7.56. The molecule has 21 heavy (non-hydrogen) atoms. The Labute approximate surface area is 126 Å². The number of allylic oxidation sites excluding steroid dienone is 5. The Morgan fingerprint density at radius 2 is 1.71 bits per heavy atom. The van der Waals surface area contributed by atoms with E-state index in [1.165, 1.54) is 27.8 Å². The summed E-state index contributed by atoms with van der Waals surface area (Å²) in [5.41, 5.74) is 6.83. The van der Waals surface area contributed by atoms with Crippen LogP contribution < -0.4 is 0 Å². The summed E-state index contributed by atoms with van der Waals surface area (Å²) in [6.07, 6.45) is 11.4. The first kappa shape index (κ1) is 12.4. The van der Waals surface area contributed by atoms with Crippen LogP contribution in [0, 0.1) is 12.8 Å². The summed E-state index contributed by atoms with van der Waals surface area (Å²) >= 11 is 0. The molecule has 0 saturated heterocycles. The average molecular weight is 270 g/mol. The Morgan fingerprint density at radius 3 is 2.62 bits per heavy atom. The summed E-state index contributed by atoms with van der Waals surface area (Å²) < 4.78 is 0. The highest BCUT2D eigenvalue weighted by Crippen LogP contribution is 2.43. The smallest absolute Gasteiger partial charge is 0.0125 e. The molecule has 2 aromatic rings. The van der Waals surface area contributed by atoms with Gasteiger partial charge in [-0.25, -0.2) is 0 Å². The third kappa shape index (κ3) is 2.08. The molecule has 0 spiro atoms. The second-order valence-electron chi connectivity index (χ2n) is 5.91. The molecule has 4 rings (SSSR count). The van der Waals surface area contributed by atoms with Crippen molar-refractivity contribution >= 4 is 5.57 Å². The van der Waals surface area contributed by atoms with E-state index in [2.05, 4.69) is 85.8 Å². The predicted octanol–water partition coefficient (Wildman–Crippen LogP) is 5.27. The monoisotopic (exact) mass is 270 g/mol. The molecule has 2 aliphatic rings. The van der Waals surface area contributed by atoms with Crippen LogP contribution in [0.15, 0.2) is 78.9 Å². The lowest BCUT2D eigenvalue weighted by Crippen LogP contribution is -2.16. The summed E-state index contributed by atoms with van der Waals surface area (Å²) in [6, 6.07) is 17.6. The van der Waals surface area contributed by atoms with Crippen molar-refractivity contribution in [2.75, 3.05) is 0 Å². The second-order valence-corrected chi connectivity index (χ2v) is 5.91. The molecule has 2 aliphatic carbocycles. The van der Waals surface area contributed by atoms with E-state index in [1.54, 1.807) is 0 Å². The van der Waals surface area contributed by atoms with Gasteiger partial charge in [0.2, 0.25) is 0 Å². The fraction of sp³-hybridized carbons (Fsp3) is 0.143. The van der Waals surface area contributed by atoms with Crippen molar-refractivity contribution in [2.45, 2.75) is 12.8 Å². The third-order valence-corrected chi connectivity index (χ3v) is 4.48. The topological polar surface area (TPSA) is 0 Å². The van der Waals surface area contributed by atoms with Gasteiger partial charge in [-0.3, -0.25) is 0 Å². The lowest BCUT2D eigenvalue weighted by molar-refractivity contribution is 0.689. The first-order valence-corrected chi connectivity index (χ1v) is 7.56. The Kier molecular flexibility index (Phi) is 2.89. The number of benzene rings is 2. The molecule has 0 radical (unpaired) electrons. The van der Waals surface area contributed by atoms with Crippen molar-refractivity contribution in [2.24, 2.45) is 5.92 Å². The van der Waals surface area contributed by atoms with Gasteiger partial charge < -0.3 is 0 Å². The molecule has 0 saturated carbocycles. The molecule has 0 aromatic heterocycles. The molecule has 0 nitrogen and oxygen atoms in total. The maximum absolute atomic E-state index is 2.43. The lowest BCUT2D eigenvalue weighted by atomic mass is 9.73. The number of hydrogen-bond donors (Lipinski definition) is 0. The van der Waals surface area contributed by atoms with Gasteiger partial charge in [-0.1, -0.05) is 84.5 Å². The highest BCUT2D eigenvalue weighted by Gasteiger charge is 2.27. The van der Waals surface area contributed by atoms with Gasteiger partial charge in [0.25, 0.3) is 0 Å². The average Bonchev–Trinajstić information content (AvgIpc) is 2.54. The SMILES string of the molecule is Cc1cccc(C2=CC3C=CC=CC3c3ccccc32)c1. The van der Waals surface area contributed by atoms with Crippen molar-refractivity contribution in [1.29, 1.82) is 0 Å². The van der Waals surface area contributed by atoms with Gasteiger partial charge >= 0.3 is 0 Å². The molecule has 0 fully saturated rings. The van der Waals surface area contributed by atoms with Crippen LogP contribution in [0.5, 0.6) is 0 Å². The van der Waals surface area contributed by atoms with Crippen LogP contribution in [-0.4, -0.2) is 0 Å². The Balaban J connectivity index is 1.92. The molecule has 0 N–H and O–H groups in total. The zero-order chi connectivity index (χ0) is 14.2. The first-order chi connectivity index (χ1) is 10.3. The zero-order valence-corrected chi connectivity index (χ0v) is 12.2. The normalized spacial score (nSPS) is 22.4. The van der Waals surface area contributed by atoms with Crippen LogP contribution in [-0.2, 0) is 0 Å². The molecule has 0 heterocycles. The molecule has 0 aliphatic heterocycles. The van der Waals surface area contributed by atoms with Gasteiger partial charge in [0.15, 0.2) is 0 Å². The van der Waals surface area contributed by atoms with Crippen LogP contribution in [0.3, 0.4) is 0 Å². The molecule has 2 unspecified atom stereocenters. The van der Waals surface area contributed by atoms with Gasteiger partial charge in [-0.15, -0.1) is 0 Å². The maximum atomic E-state index is 2.43. The standard InChI is InChI=1S/C21H18/c1-15-7-6-9-16(13-15)21-14-17-8-2-3-10-18(17)19-11-4-5-12-20(19)21/h2-14,17-18H,1H3. The van der Waals surface area contributed by atoms with Crippen LogP contribution in [0.1, 0.15) is 28.2 Å². The minimum absolute atomic E-state index is 0.473. The Morgan fingerprint density at radius 1 is 0.857 bits per heavy atom. The van der Waals surface area contributed by atoms with Crippen molar-refractivity contribution < 1.29 is 0 Å². The van der Waals surface area contributed by atoms with E-state index in [0.717, 1.165) is 0 Å². The second kappa shape index (κ2) is 4.89. The van der Waals surface area contributed by atoms with E-state index in [0.29, 0.717) is 11.8 Å². The molecule has 0 amide bonds. The van der Waals surface area contributed by atoms with Crippen LogP contribution in [0.25, 0.3) is 5.57 Å². The molecular weight excluding hydrogens is 252 g/mol. The molecule has 2 atom stereocenters. The minimum Gasteiger partial charge on any atom is -0.0767 e. The van der Waals surface area contributed by atoms with E-state index in [4.69, 9.17) is 0 Å². The Bertz CT molecular complexity index is 774. The van der Waals surface area contributed by atoms with Crippen LogP contribution in [0.4, 0.5) is 0 Å². The summed E-state index contributed by atoms with van der Waals surface area (Å²) in [4.78, 5) is 0. The molecule has 102 valence electrons. The summed E-state index contributed by atoms with van der Waals surface area (Å²) in [6.45, 7) is 2.16. The summed E-state index contributed by atoms with van der Waals surface area (Å²) in [7, 11) is 0. The summed E-state index contributed by atoms with van der Waals surface area (Å²) in [5.74, 6) is 0.958. The van der Waals surface area contributed by atoms with Gasteiger partial charge in [0.1, 0.15) is 0 Å². The van der Waals surface area contributed by atoms with Gasteiger partial charge in [-0.05, 0) is 29.2 Å². The highest BCUT2D eigenvalue weighted by atomic mass is 14.3. The van der Waals surface area contributed by atoms with Crippen molar-refractivity contribution in [1.82, 2.24) is 0 Å². The predicted molar refractivity (Wildman–Crippen MR) is 89.2 cm³/mol. The number of fused-ring (bicyclic) bond motifs is 3. The van der Waals surface area contributed by atoms with E-state index < -0.39 is 0 Å². The van der Waals surface area contributed by atoms with Gasteiger partial charge in [0, 0.05) is 11.8 Å². The summed E-state index contributed by atoms with van der Waals surface area (Å²) in [5, 5.41) is 0. The fourth-order valence-electron chi connectivity index (χ4n) is 3.47. The minimum atomic E-state index is 0.473. The third-order valence-electron chi connectivity index (χ3n) is 4.48. The van der Waals surface area contributed by atoms with Crippen molar-refractivity contribution in [3.05, 3.63) is 101 Å². The quantitative estimate of drug-likeness (QED) is 0.662. The van der Waals surface area contributed by atoms with Crippen molar-refractivity contribution in [3.63, 3.8) is 0 Å². The lowest BCUT2D eigenvalue weighted by Gasteiger charge is -2.31. The number of aryl methyl sites for hydroxylation is 1. The number of rotatable bonds is 1. The van der Waals surface area contributed by atoms with Gasteiger partial charge in [0.05, 0.1) is 0 Å². The van der Waals surface area contributed by atoms with E-state index in [1.807, 2.05) is 0 Å². The molecule has 0 heteroatoms. The molecule has 0 bridgehead atoms. The maximum Gasteiger partial charge on any atom is 0.0125 e.